The topological polar surface area (TPSA) is 64.7 Å². The molecule has 0 fully saturated rings. The third-order valence-corrected chi connectivity index (χ3v) is 2.85. The van der Waals surface area contributed by atoms with Crippen molar-refractivity contribution in [3.8, 4) is 0 Å². The van der Waals surface area contributed by atoms with E-state index in [1.165, 1.54) is 0 Å². The quantitative estimate of drug-likeness (QED) is 0.884. The van der Waals surface area contributed by atoms with Crippen LogP contribution >= 0.6 is 0 Å². The van der Waals surface area contributed by atoms with Crippen molar-refractivity contribution in [2.24, 2.45) is 7.05 Å². The van der Waals surface area contributed by atoms with Crippen molar-refractivity contribution in [2.45, 2.75) is 26.8 Å². The molecule has 6 heteroatoms. The Bertz CT molecular complexity index is 555. The fourth-order valence-corrected chi connectivity index (χ4v) is 1.64. The summed E-state index contributed by atoms with van der Waals surface area (Å²) in [5, 5.41) is 11.2. The number of aromatic nitrogens is 4. The van der Waals surface area contributed by atoms with E-state index in [-0.39, 0.29) is 5.91 Å². The Morgan fingerprint density at radius 3 is 2.78 bits per heavy atom. The van der Waals surface area contributed by atoms with Gasteiger partial charge in [-0.15, -0.1) is 0 Å². The Balaban J connectivity index is 1.87. The molecule has 18 heavy (non-hydrogen) atoms. The molecule has 0 aliphatic heterocycles. The van der Waals surface area contributed by atoms with Crippen molar-refractivity contribution < 1.29 is 4.79 Å². The van der Waals surface area contributed by atoms with E-state index in [4.69, 9.17) is 0 Å². The Morgan fingerprint density at radius 1 is 1.44 bits per heavy atom. The van der Waals surface area contributed by atoms with Crippen molar-refractivity contribution >= 4 is 11.6 Å². The van der Waals surface area contributed by atoms with Gasteiger partial charge < -0.3 is 5.32 Å². The number of amides is 1. The molecule has 0 bridgehead atoms. The predicted molar refractivity (Wildman–Crippen MR) is 68.2 cm³/mol. The number of nitrogens with one attached hydrogen (secondary N) is 1. The molecule has 0 unspecified atom stereocenters. The summed E-state index contributed by atoms with van der Waals surface area (Å²) < 4.78 is 3.50. The van der Waals surface area contributed by atoms with Crippen LogP contribution in [0.2, 0.25) is 0 Å². The van der Waals surface area contributed by atoms with Crippen LogP contribution in [0.3, 0.4) is 0 Å². The zero-order valence-electron chi connectivity index (χ0n) is 10.8. The fourth-order valence-electron chi connectivity index (χ4n) is 1.64. The molecule has 6 nitrogen and oxygen atoms in total. The van der Waals surface area contributed by atoms with Crippen LogP contribution in [0.15, 0.2) is 18.5 Å². The molecule has 2 aromatic rings. The first-order chi connectivity index (χ1) is 8.56. The van der Waals surface area contributed by atoms with Gasteiger partial charge in [-0.2, -0.15) is 10.2 Å². The number of hydrogen-bond acceptors (Lipinski definition) is 3. The Morgan fingerprint density at radius 2 is 2.22 bits per heavy atom. The second kappa shape index (κ2) is 5.03. The van der Waals surface area contributed by atoms with Gasteiger partial charge in [-0.05, 0) is 19.9 Å². The summed E-state index contributed by atoms with van der Waals surface area (Å²) in [7, 11) is 1.84. The molecule has 0 saturated heterocycles. The van der Waals surface area contributed by atoms with Gasteiger partial charge in [0.1, 0.15) is 0 Å². The second-order valence-electron chi connectivity index (χ2n) is 4.29. The van der Waals surface area contributed by atoms with Crippen molar-refractivity contribution in [3.05, 3.63) is 29.8 Å². The monoisotopic (exact) mass is 247 g/mol. The van der Waals surface area contributed by atoms with E-state index in [1.54, 1.807) is 15.6 Å². The van der Waals surface area contributed by atoms with Gasteiger partial charge in [-0.3, -0.25) is 14.2 Å². The van der Waals surface area contributed by atoms with Crippen molar-refractivity contribution in [3.63, 3.8) is 0 Å². The molecular weight excluding hydrogens is 230 g/mol. The average Bonchev–Trinajstić information content (AvgIpc) is 2.88. The van der Waals surface area contributed by atoms with Gasteiger partial charge in [0.05, 0.1) is 23.3 Å². The summed E-state index contributed by atoms with van der Waals surface area (Å²) in [6.45, 7) is 4.42. The summed E-state index contributed by atoms with van der Waals surface area (Å²) in [4.78, 5) is 11.8. The van der Waals surface area contributed by atoms with Gasteiger partial charge in [-0.25, -0.2) is 0 Å². The number of rotatable bonds is 4. The average molecular weight is 247 g/mol. The van der Waals surface area contributed by atoms with Crippen LogP contribution in [-0.4, -0.2) is 25.5 Å². The molecule has 0 atom stereocenters. The van der Waals surface area contributed by atoms with Gasteiger partial charge in [0.25, 0.3) is 0 Å². The number of aryl methyl sites for hydroxylation is 3. The Labute approximate surface area is 106 Å². The normalized spacial score (nSPS) is 10.6. The molecule has 96 valence electrons. The lowest BCUT2D eigenvalue weighted by molar-refractivity contribution is -0.116. The zero-order chi connectivity index (χ0) is 13.1. The number of hydrogen-bond donors (Lipinski definition) is 1. The summed E-state index contributed by atoms with van der Waals surface area (Å²) in [5.74, 6) is -0.0285. The van der Waals surface area contributed by atoms with Gasteiger partial charge >= 0.3 is 0 Å². The van der Waals surface area contributed by atoms with Crippen molar-refractivity contribution in [2.75, 3.05) is 5.32 Å². The van der Waals surface area contributed by atoms with Gasteiger partial charge in [0.2, 0.25) is 5.91 Å². The molecule has 0 spiro atoms. The lowest BCUT2D eigenvalue weighted by Gasteiger charge is -2.04. The highest BCUT2D eigenvalue weighted by atomic mass is 16.1. The molecule has 0 aliphatic carbocycles. The van der Waals surface area contributed by atoms with Crippen molar-refractivity contribution in [1.82, 2.24) is 19.6 Å². The summed E-state index contributed by atoms with van der Waals surface area (Å²) in [6, 6.07) is 1.92. The first-order valence-electron chi connectivity index (χ1n) is 5.85. The smallest absolute Gasteiger partial charge is 0.226 e. The highest BCUT2D eigenvalue weighted by molar-refractivity contribution is 5.91. The Hall–Kier alpha value is -2.11. The van der Waals surface area contributed by atoms with Gasteiger partial charge in [0.15, 0.2) is 0 Å². The van der Waals surface area contributed by atoms with Crippen LogP contribution in [0.4, 0.5) is 5.69 Å². The molecule has 0 aliphatic rings. The Kier molecular flexibility index (Phi) is 3.45. The number of nitrogens with zero attached hydrogens (tertiary/aromatic N) is 4. The third-order valence-electron chi connectivity index (χ3n) is 2.85. The van der Waals surface area contributed by atoms with E-state index in [0.717, 1.165) is 17.1 Å². The lowest BCUT2D eigenvalue weighted by atomic mass is 10.3. The molecule has 2 aromatic heterocycles. The van der Waals surface area contributed by atoms with Crippen LogP contribution < -0.4 is 5.32 Å². The molecule has 2 heterocycles. The lowest BCUT2D eigenvalue weighted by Crippen LogP contribution is -2.15. The SMILES string of the molecule is Cc1ccn(CCC(=O)Nc2cnn(C)c2C)n1. The van der Waals surface area contributed by atoms with E-state index >= 15 is 0 Å². The van der Waals surface area contributed by atoms with Crippen molar-refractivity contribution in [1.29, 1.82) is 0 Å². The second-order valence-corrected chi connectivity index (χ2v) is 4.29. The maximum absolute atomic E-state index is 11.8. The van der Waals surface area contributed by atoms with Crippen LogP contribution in [0.25, 0.3) is 0 Å². The molecule has 0 aromatic carbocycles. The highest BCUT2D eigenvalue weighted by Gasteiger charge is 2.08. The number of carbonyl (C=O) groups excluding carboxylic acids is 1. The molecule has 0 radical (unpaired) electrons. The van der Waals surface area contributed by atoms with Gasteiger partial charge in [0, 0.05) is 26.2 Å². The number of anilines is 1. The standard InChI is InChI=1S/C12H17N5O/c1-9-4-6-17(15-9)7-5-12(18)14-11-8-13-16(3)10(11)2/h4,6,8H,5,7H2,1-3H3,(H,14,18). The first kappa shape index (κ1) is 12.3. The summed E-state index contributed by atoms with van der Waals surface area (Å²) in [5.41, 5.74) is 2.66. The van der Waals surface area contributed by atoms with Crippen LogP contribution in [0, 0.1) is 13.8 Å². The van der Waals surface area contributed by atoms with Crippen LogP contribution in [0.5, 0.6) is 0 Å². The maximum atomic E-state index is 11.8. The third kappa shape index (κ3) is 2.77. The summed E-state index contributed by atoms with van der Waals surface area (Å²) in [6.07, 6.45) is 3.93. The van der Waals surface area contributed by atoms with Crippen LogP contribution in [-0.2, 0) is 18.4 Å². The molecule has 2 rings (SSSR count). The molecular formula is C12H17N5O. The molecule has 1 amide bonds. The van der Waals surface area contributed by atoms with Crippen LogP contribution in [0.1, 0.15) is 17.8 Å². The van der Waals surface area contributed by atoms with E-state index in [1.807, 2.05) is 33.2 Å². The molecule has 0 saturated carbocycles. The minimum absolute atomic E-state index is 0.0285. The largest absolute Gasteiger partial charge is 0.323 e. The number of carbonyl (C=O) groups is 1. The highest BCUT2D eigenvalue weighted by Crippen LogP contribution is 2.12. The predicted octanol–water partition coefficient (Wildman–Crippen LogP) is 1.26. The van der Waals surface area contributed by atoms with E-state index in [2.05, 4.69) is 15.5 Å². The maximum Gasteiger partial charge on any atom is 0.226 e. The first-order valence-corrected chi connectivity index (χ1v) is 5.85. The zero-order valence-corrected chi connectivity index (χ0v) is 10.8. The van der Waals surface area contributed by atoms with E-state index < -0.39 is 0 Å². The summed E-state index contributed by atoms with van der Waals surface area (Å²) >= 11 is 0. The van der Waals surface area contributed by atoms with Gasteiger partial charge in [-0.1, -0.05) is 0 Å². The minimum Gasteiger partial charge on any atom is -0.323 e. The molecule has 1 N–H and O–H groups in total. The fraction of sp³-hybridized carbons (Fsp3) is 0.417. The minimum atomic E-state index is -0.0285. The van der Waals surface area contributed by atoms with E-state index in [9.17, 15) is 4.79 Å². The van der Waals surface area contributed by atoms with E-state index in [0.29, 0.717) is 13.0 Å².